The Kier molecular flexibility index (Phi) is 5.37. The summed E-state index contributed by atoms with van der Waals surface area (Å²) in [6.07, 6.45) is -4.67. The summed E-state index contributed by atoms with van der Waals surface area (Å²) in [5, 5.41) is 7.14. The predicted molar refractivity (Wildman–Crippen MR) is 98.5 cm³/mol. The van der Waals surface area contributed by atoms with Gasteiger partial charge >= 0.3 is 6.18 Å². The molecule has 2 heterocycles. The molecule has 2 N–H and O–H groups in total. The fourth-order valence-corrected chi connectivity index (χ4v) is 2.95. The van der Waals surface area contributed by atoms with Gasteiger partial charge in [-0.1, -0.05) is 24.3 Å². The van der Waals surface area contributed by atoms with Gasteiger partial charge in [0.1, 0.15) is 5.82 Å². The van der Waals surface area contributed by atoms with Crippen molar-refractivity contribution in [1.29, 1.82) is 0 Å². The van der Waals surface area contributed by atoms with E-state index in [1.165, 1.54) is 0 Å². The Hall–Kier alpha value is -2.94. The van der Waals surface area contributed by atoms with Gasteiger partial charge in [-0.25, -0.2) is 4.98 Å². The number of aromatic amines is 2. The van der Waals surface area contributed by atoms with Crippen LogP contribution in [-0.2, 0) is 19.3 Å². The molecule has 148 valence electrons. The fraction of sp³-hybridized carbons (Fsp3) is 0.316. The molecule has 0 radical (unpaired) electrons. The normalized spacial score (nSPS) is 12.0. The van der Waals surface area contributed by atoms with E-state index in [1.54, 1.807) is 24.3 Å². The van der Waals surface area contributed by atoms with Gasteiger partial charge in [0.2, 0.25) is 0 Å². The van der Waals surface area contributed by atoms with Gasteiger partial charge in [0.25, 0.3) is 5.56 Å². The number of nitrogens with zero attached hydrogens (tertiary/aromatic N) is 3. The van der Waals surface area contributed by atoms with Gasteiger partial charge in [-0.15, -0.1) is 0 Å². The number of aryl methyl sites for hydroxylation is 2. The molecule has 0 saturated heterocycles. The lowest BCUT2D eigenvalue weighted by molar-refractivity contribution is -0.141. The monoisotopic (exact) mass is 391 g/mol. The van der Waals surface area contributed by atoms with E-state index in [0.29, 0.717) is 18.2 Å². The van der Waals surface area contributed by atoms with Gasteiger partial charge in [-0.05, 0) is 26.5 Å². The largest absolute Gasteiger partial charge is 0.433 e. The number of nitrogens with one attached hydrogen (secondary N) is 2. The van der Waals surface area contributed by atoms with Crippen LogP contribution >= 0.6 is 0 Å². The molecule has 6 nitrogen and oxygen atoms in total. The van der Waals surface area contributed by atoms with Crippen LogP contribution in [0.1, 0.15) is 28.2 Å². The van der Waals surface area contributed by atoms with Crippen molar-refractivity contribution >= 4 is 0 Å². The second kappa shape index (κ2) is 7.59. The van der Waals surface area contributed by atoms with E-state index in [9.17, 15) is 18.0 Å². The van der Waals surface area contributed by atoms with Crippen molar-refractivity contribution < 1.29 is 13.2 Å². The summed E-state index contributed by atoms with van der Waals surface area (Å²) in [4.78, 5) is 19.5. The van der Waals surface area contributed by atoms with Crippen molar-refractivity contribution in [2.75, 3.05) is 7.05 Å². The molecule has 0 aliphatic carbocycles. The second-order valence-corrected chi connectivity index (χ2v) is 6.76. The molecular weight excluding hydrogens is 371 g/mol. The summed E-state index contributed by atoms with van der Waals surface area (Å²) in [7, 11) is 1.98. The van der Waals surface area contributed by atoms with Crippen molar-refractivity contribution in [3.63, 3.8) is 0 Å². The first-order valence-corrected chi connectivity index (χ1v) is 8.60. The quantitative estimate of drug-likeness (QED) is 0.699. The number of hydrogen-bond acceptors (Lipinski definition) is 4. The molecular formula is C19H20F3N5O. The second-order valence-electron chi connectivity index (χ2n) is 6.76. The number of benzene rings is 1. The van der Waals surface area contributed by atoms with Crippen molar-refractivity contribution in [2.45, 2.75) is 33.1 Å². The molecule has 0 aliphatic rings. The highest BCUT2D eigenvalue weighted by Crippen LogP contribution is 2.27. The highest BCUT2D eigenvalue weighted by Gasteiger charge is 2.33. The van der Waals surface area contributed by atoms with Gasteiger partial charge < -0.3 is 4.98 Å². The minimum atomic E-state index is -4.67. The summed E-state index contributed by atoms with van der Waals surface area (Å²) in [6, 6.07) is 7.36. The Balaban J connectivity index is 1.75. The number of alkyl halides is 3. The summed E-state index contributed by atoms with van der Waals surface area (Å²) in [6.45, 7) is 5.29. The van der Waals surface area contributed by atoms with E-state index < -0.39 is 17.4 Å². The van der Waals surface area contributed by atoms with E-state index in [1.807, 2.05) is 20.9 Å². The molecule has 0 aliphatic heterocycles. The van der Waals surface area contributed by atoms with Crippen LogP contribution in [0.4, 0.5) is 13.2 Å². The van der Waals surface area contributed by atoms with Gasteiger partial charge in [-0.2, -0.15) is 18.3 Å². The van der Waals surface area contributed by atoms with E-state index in [2.05, 4.69) is 25.1 Å². The summed E-state index contributed by atoms with van der Waals surface area (Å²) in [5.41, 5.74) is 2.48. The van der Waals surface area contributed by atoms with Crippen LogP contribution in [0.15, 0.2) is 35.1 Å². The van der Waals surface area contributed by atoms with Crippen LogP contribution in [0.3, 0.4) is 0 Å². The Labute approximate surface area is 159 Å². The summed E-state index contributed by atoms with van der Waals surface area (Å²) < 4.78 is 38.6. The molecule has 28 heavy (non-hydrogen) atoms. The highest BCUT2D eigenvalue weighted by molar-refractivity contribution is 5.55. The molecule has 3 rings (SSSR count). The number of H-pyrrole nitrogens is 2. The SMILES string of the molecule is Cc1n[nH]c(C)c1CN(C)Cc1ccc(-c2nc(C(F)(F)F)cc(=O)[nH]2)cc1. The zero-order chi connectivity index (χ0) is 20.5. The van der Waals surface area contributed by atoms with Crippen molar-refractivity contribution in [1.82, 2.24) is 25.1 Å². The molecule has 0 bridgehead atoms. The fourth-order valence-electron chi connectivity index (χ4n) is 2.95. The van der Waals surface area contributed by atoms with Crippen LogP contribution in [0.2, 0.25) is 0 Å². The molecule has 1 aromatic carbocycles. The zero-order valence-corrected chi connectivity index (χ0v) is 15.7. The number of aromatic nitrogens is 4. The molecule has 0 amide bonds. The maximum Gasteiger partial charge on any atom is 0.433 e. The molecule has 3 aromatic rings. The van der Waals surface area contributed by atoms with Crippen LogP contribution in [-0.4, -0.2) is 32.1 Å². The maximum absolute atomic E-state index is 12.9. The third kappa shape index (κ3) is 4.48. The summed E-state index contributed by atoms with van der Waals surface area (Å²) >= 11 is 0. The number of halogens is 3. The van der Waals surface area contributed by atoms with Gasteiger partial charge in [0.15, 0.2) is 5.69 Å². The zero-order valence-electron chi connectivity index (χ0n) is 15.7. The molecule has 0 saturated carbocycles. The van der Waals surface area contributed by atoms with Crippen LogP contribution in [0.5, 0.6) is 0 Å². The Morgan fingerprint density at radius 3 is 2.36 bits per heavy atom. The van der Waals surface area contributed by atoms with Crippen molar-refractivity contribution in [2.24, 2.45) is 0 Å². The first-order valence-electron chi connectivity index (χ1n) is 8.60. The van der Waals surface area contributed by atoms with Crippen LogP contribution < -0.4 is 5.56 Å². The number of rotatable bonds is 5. The molecule has 0 spiro atoms. The van der Waals surface area contributed by atoms with Crippen molar-refractivity contribution in [3.8, 4) is 11.4 Å². The average Bonchev–Trinajstić information content (AvgIpc) is 2.93. The molecule has 2 aromatic heterocycles. The van der Waals surface area contributed by atoms with Gasteiger partial charge in [0.05, 0.1) is 5.69 Å². The van der Waals surface area contributed by atoms with E-state index in [-0.39, 0.29) is 5.82 Å². The standard InChI is InChI=1S/C19H20F3N5O/c1-11-15(12(2)26-25-11)10-27(3)9-13-4-6-14(7-5-13)18-23-16(19(20,21)22)8-17(28)24-18/h4-8H,9-10H2,1-3H3,(H,25,26)(H,23,24,28). The lowest BCUT2D eigenvalue weighted by atomic mass is 10.1. The molecule has 9 heteroatoms. The van der Waals surface area contributed by atoms with E-state index >= 15 is 0 Å². The highest BCUT2D eigenvalue weighted by atomic mass is 19.4. The number of hydrogen-bond donors (Lipinski definition) is 2. The minimum absolute atomic E-state index is 0.107. The molecule has 0 fully saturated rings. The average molecular weight is 391 g/mol. The lowest BCUT2D eigenvalue weighted by Crippen LogP contribution is -2.18. The smallest absolute Gasteiger partial charge is 0.307 e. The van der Waals surface area contributed by atoms with Gasteiger partial charge in [0, 0.05) is 36.0 Å². The Morgan fingerprint density at radius 2 is 1.79 bits per heavy atom. The third-order valence-electron chi connectivity index (χ3n) is 4.42. The van der Waals surface area contributed by atoms with E-state index in [0.717, 1.165) is 29.1 Å². The first kappa shape index (κ1) is 19.8. The molecule has 0 atom stereocenters. The Morgan fingerprint density at radius 1 is 1.11 bits per heavy atom. The van der Waals surface area contributed by atoms with Crippen molar-refractivity contribution in [3.05, 3.63) is 68.9 Å². The van der Waals surface area contributed by atoms with Gasteiger partial charge in [-0.3, -0.25) is 14.8 Å². The lowest BCUT2D eigenvalue weighted by Gasteiger charge is -2.17. The summed E-state index contributed by atoms with van der Waals surface area (Å²) in [5.74, 6) is -0.107. The predicted octanol–water partition coefficient (Wildman–Crippen LogP) is 3.43. The van der Waals surface area contributed by atoms with Crippen LogP contribution in [0.25, 0.3) is 11.4 Å². The Bertz CT molecular complexity index is 1000. The van der Waals surface area contributed by atoms with E-state index in [4.69, 9.17) is 0 Å². The maximum atomic E-state index is 12.9. The van der Waals surface area contributed by atoms with Crippen LogP contribution in [0, 0.1) is 13.8 Å². The molecule has 0 unspecified atom stereocenters. The third-order valence-corrected chi connectivity index (χ3v) is 4.42. The topological polar surface area (TPSA) is 77.7 Å². The first-order chi connectivity index (χ1) is 13.1. The minimum Gasteiger partial charge on any atom is -0.307 e.